The van der Waals surface area contributed by atoms with E-state index in [1.807, 2.05) is 0 Å². The lowest BCUT2D eigenvalue weighted by Gasteiger charge is -2.34. The third-order valence-electron chi connectivity index (χ3n) is 6.95. The van der Waals surface area contributed by atoms with Crippen LogP contribution in [0.3, 0.4) is 0 Å². The fourth-order valence-corrected chi connectivity index (χ4v) is 6.39. The fourth-order valence-electron chi connectivity index (χ4n) is 4.90. The second-order valence-electron chi connectivity index (χ2n) is 9.56. The van der Waals surface area contributed by atoms with Crippen molar-refractivity contribution in [2.45, 2.75) is 43.8 Å². The Kier molecular flexibility index (Phi) is 6.22. The minimum Gasteiger partial charge on any atom is -0.462 e. The number of sulfone groups is 1. The molecular formula is C25H26F3N3O4S. The quantitative estimate of drug-likeness (QED) is 0.471. The molecule has 11 heteroatoms. The summed E-state index contributed by atoms with van der Waals surface area (Å²) in [6.45, 7) is 0. The number of hydrogen-bond donors (Lipinski definition) is 1. The normalized spacial score (nSPS) is 19.2. The monoisotopic (exact) mass is 521 g/mol. The molecule has 1 saturated carbocycles. The van der Waals surface area contributed by atoms with Crippen LogP contribution in [0.5, 0.6) is 0 Å². The number of amides is 1. The molecule has 1 aliphatic carbocycles. The number of anilines is 2. The molecule has 7 nitrogen and oxygen atoms in total. The Morgan fingerprint density at radius 3 is 2.39 bits per heavy atom. The molecule has 1 aliphatic heterocycles. The zero-order valence-electron chi connectivity index (χ0n) is 19.6. The maximum absolute atomic E-state index is 14.1. The molecule has 3 heterocycles. The van der Waals surface area contributed by atoms with Crippen LogP contribution < -0.4 is 5.32 Å². The number of nitrogens with one attached hydrogen (secondary N) is 1. The summed E-state index contributed by atoms with van der Waals surface area (Å²) in [5, 5.41) is 3.25. The van der Waals surface area contributed by atoms with Gasteiger partial charge < -0.3 is 14.6 Å². The van der Waals surface area contributed by atoms with E-state index in [1.165, 1.54) is 12.1 Å². The summed E-state index contributed by atoms with van der Waals surface area (Å²) in [5.41, 5.74) is 3.75. The number of furan rings is 1. The third kappa shape index (κ3) is 4.93. The average molecular weight is 522 g/mol. The number of alkyl halides is 3. The molecule has 5 rings (SSSR count). The van der Waals surface area contributed by atoms with E-state index in [1.54, 1.807) is 30.7 Å². The van der Waals surface area contributed by atoms with Gasteiger partial charge in [0.25, 0.3) is 0 Å². The van der Waals surface area contributed by atoms with Gasteiger partial charge in [0.15, 0.2) is 11.6 Å². The summed E-state index contributed by atoms with van der Waals surface area (Å²) < 4.78 is 71.2. The number of nitrogens with zero attached hydrogens (tertiary/aromatic N) is 2. The summed E-state index contributed by atoms with van der Waals surface area (Å²) in [6, 6.07) is 5.45. The van der Waals surface area contributed by atoms with Gasteiger partial charge in [-0.05, 0) is 49.3 Å². The number of carbonyl (C=O) groups is 1. The van der Waals surface area contributed by atoms with Gasteiger partial charge in [0.1, 0.15) is 15.4 Å². The predicted molar refractivity (Wildman–Crippen MR) is 129 cm³/mol. The maximum Gasteiger partial charge on any atom is 0.413 e. The van der Waals surface area contributed by atoms with Crippen LogP contribution in [-0.2, 0) is 14.6 Å². The number of halogens is 3. The average Bonchev–Trinajstić information content (AvgIpc) is 3.54. The molecular weight excluding hydrogens is 495 g/mol. The van der Waals surface area contributed by atoms with Gasteiger partial charge in [-0.3, -0.25) is 9.78 Å². The lowest BCUT2D eigenvalue weighted by atomic mass is 9.98. The first-order valence-corrected chi connectivity index (χ1v) is 13.6. The van der Waals surface area contributed by atoms with E-state index in [4.69, 9.17) is 4.42 Å². The summed E-state index contributed by atoms with van der Waals surface area (Å²) in [7, 11) is -2.10. The molecule has 0 radical (unpaired) electrons. The van der Waals surface area contributed by atoms with Gasteiger partial charge in [0.05, 0.1) is 29.7 Å². The molecule has 1 atom stereocenters. The molecule has 1 aromatic carbocycles. The van der Waals surface area contributed by atoms with E-state index in [-0.39, 0.29) is 29.9 Å². The minimum absolute atomic E-state index is 0.0380. The van der Waals surface area contributed by atoms with E-state index in [0.29, 0.717) is 22.1 Å². The molecule has 1 amide bonds. The Balaban J connectivity index is 1.36. The highest BCUT2D eigenvalue weighted by Gasteiger charge is 2.46. The minimum atomic E-state index is -4.70. The Morgan fingerprint density at radius 2 is 1.78 bits per heavy atom. The number of hydrogen-bond acceptors (Lipinski definition) is 6. The van der Waals surface area contributed by atoms with Crippen LogP contribution in [0.25, 0.3) is 11.1 Å². The van der Waals surface area contributed by atoms with E-state index >= 15 is 0 Å². The smallest absolute Gasteiger partial charge is 0.413 e. The highest BCUT2D eigenvalue weighted by molar-refractivity contribution is 7.91. The third-order valence-corrected chi connectivity index (χ3v) is 8.67. The lowest BCUT2D eigenvalue weighted by Crippen LogP contribution is -2.44. The Bertz CT molecular complexity index is 1370. The molecule has 36 heavy (non-hydrogen) atoms. The summed E-state index contributed by atoms with van der Waals surface area (Å²) in [4.78, 5) is 18.0. The Morgan fingerprint density at radius 1 is 1.11 bits per heavy atom. The van der Waals surface area contributed by atoms with Crippen molar-refractivity contribution in [1.82, 2.24) is 9.88 Å². The van der Waals surface area contributed by atoms with Crippen molar-refractivity contribution in [3.05, 3.63) is 53.9 Å². The van der Waals surface area contributed by atoms with Crippen LogP contribution in [0.2, 0.25) is 0 Å². The highest BCUT2D eigenvalue weighted by Crippen LogP contribution is 2.47. The van der Waals surface area contributed by atoms with Crippen molar-refractivity contribution in [2.75, 3.05) is 23.9 Å². The van der Waals surface area contributed by atoms with Crippen molar-refractivity contribution < 1.29 is 30.8 Å². The lowest BCUT2D eigenvalue weighted by molar-refractivity contribution is -0.190. The van der Waals surface area contributed by atoms with E-state index < -0.39 is 33.9 Å². The second kappa shape index (κ2) is 9.10. The van der Waals surface area contributed by atoms with Crippen molar-refractivity contribution in [3.63, 3.8) is 0 Å². The molecule has 0 bridgehead atoms. The van der Waals surface area contributed by atoms with Gasteiger partial charge in [-0.15, -0.1) is 0 Å². The first kappa shape index (κ1) is 24.6. The predicted octanol–water partition coefficient (Wildman–Crippen LogP) is 5.34. The van der Waals surface area contributed by atoms with Gasteiger partial charge in [0, 0.05) is 30.3 Å². The molecule has 1 saturated heterocycles. The topological polar surface area (TPSA) is 92.5 Å². The number of aromatic nitrogens is 1. The molecule has 192 valence electrons. The molecule has 0 unspecified atom stereocenters. The van der Waals surface area contributed by atoms with Crippen LogP contribution in [-0.4, -0.2) is 48.9 Å². The van der Waals surface area contributed by atoms with Crippen molar-refractivity contribution in [2.24, 2.45) is 5.92 Å². The molecule has 2 fully saturated rings. The number of rotatable bonds is 6. The van der Waals surface area contributed by atoms with E-state index in [9.17, 15) is 26.4 Å². The van der Waals surface area contributed by atoms with Crippen LogP contribution in [0.15, 0.2) is 47.2 Å². The number of benzene rings is 1. The van der Waals surface area contributed by atoms with Crippen molar-refractivity contribution in [1.29, 1.82) is 0 Å². The molecule has 2 aromatic heterocycles. The second-order valence-corrected chi connectivity index (χ2v) is 11.9. The number of carbonyl (C=O) groups excluding carboxylic acids is 1. The zero-order valence-corrected chi connectivity index (χ0v) is 20.4. The van der Waals surface area contributed by atoms with Crippen LogP contribution in [0.1, 0.15) is 48.8 Å². The summed E-state index contributed by atoms with van der Waals surface area (Å²) in [6.07, 6.45) is 0.736. The van der Waals surface area contributed by atoms with Crippen molar-refractivity contribution in [3.8, 4) is 0 Å². The molecule has 3 aromatic rings. The van der Waals surface area contributed by atoms with Gasteiger partial charge in [-0.2, -0.15) is 13.2 Å². The zero-order chi connectivity index (χ0) is 25.7. The molecule has 0 spiro atoms. The number of fused-ring (bicyclic) bond motifs is 1. The summed E-state index contributed by atoms with van der Waals surface area (Å²) in [5.74, 6) is -1.45. The van der Waals surface area contributed by atoms with Gasteiger partial charge in [-0.1, -0.05) is 12.1 Å². The van der Waals surface area contributed by atoms with Crippen LogP contribution in [0.4, 0.5) is 24.5 Å². The first-order chi connectivity index (χ1) is 17.0. The number of pyridine rings is 1. The van der Waals surface area contributed by atoms with E-state index in [0.717, 1.165) is 36.7 Å². The van der Waals surface area contributed by atoms with Gasteiger partial charge >= 0.3 is 6.18 Å². The Hall–Kier alpha value is -3.08. The standard InChI is InChI=1S/C25H26F3N3O4S/c1-31(24(32)17-9-12-36(33,34)13-10-17)23(25(26,27)28)16-4-6-18(7-5-16)30-20-14-29-19-8-11-35-22(19)21(20)15-2-3-15/h4-8,11,14-15,17,23,30H,2-3,9-10,12-13H2,1H3/t23-/m0/s1. The Labute approximate surface area is 206 Å². The largest absolute Gasteiger partial charge is 0.462 e. The highest BCUT2D eigenvalue weighted by atomic mass is 32.2. The first-order valence-electron chi connectivity index (χ1n) is 11.8. The van der Waals surface area contributed by atoms with Gasteiger partial charge in [0.2, 0.25) is 5.91 Å². The van der Waals surface area contributed by atoms with Gasteiger partial charge in [-0.25, -0.2) is 8.42 Å². The summed E-state index contributed by atoms with van der Waals surface area (Å²) >= 11 is 0. The van der Waals surface area contributed by atoms with Crippen LogP contribution in [0, 0.1) is 5.92 Å². The molecule has 2 aliphatic rings. The van der Waals surface area contributed by atoms with Crippen LogP contribution >= 0.6 is 0 Å². The van der Waals surface area contributed by atoms with Crippen molar-refractivity contribution >= 4 is 38.2 Å². The fraction of sp³-hybridized carbons (Fsp3) is 0.440. The SMILES string of the molecule is CN(C(=O)C1CCS(=O)(=O)CC1)[C@@H](c1ccc(Nc2cnc3ccoc3c2C2CC2)cc1)C(F)(F)F. The van der Waals surface area contributed by atoms with E-state index in [2.05, 4.69) is 10.3 Å². The molecule has 1 N–H and O–H groups in total. The maximum atomic E-state index is 14.1.